The number of carbonyl (C=O) groups is 1. The number of thiazole rings is 1. The third-order valence-electron chi connectivity index (χ3n) is 4.21. The molecule has 134 valence electrons. The van der Waals surface area contributed by atoms with Crippen LogP contribution in [0, 0.1) is 17.7 Å². The van der Waals surface area contributed by atoms with Gasteiger partial charge in [0.1, 0.15) is 5.82 Å². The number of anilines is 1. The number of likely N-dealkylation sites (tertiary alicyclic amines) is 1. The predicted molar refractivity (Wildman–Crippen MR) is 90.0 cm³/mol. The zero-order chi connectivity index (χ0) is 18.0. The minimum Gasteiger partial charge on any atom is -0.302 e. The summed E-state index contributed by atoms with van der Waals surface area (Å²) >= 11 is 1.16. The number of carbonyl (C=O) groups excluding carboxylic acids is 1. The van der Waals surface area contributed by atoms with Gasteiger partial charge in [0.2, 0.25) is 11.9 Å². The molecule has 1 fully saturated rings. The van der Waals surface area contributed by atoms with E-state index in [4.69, 9.17) is 0 Å². The van der Waals surface area contributed by atoms with E-state index in [9.17, 15) is 13.6 Å². The van der Waals surface area contributed by atoms with E-state index in [1.165, 1.54) is 19.3 Å². The number of hydrogen-bond donors (Lipinski definition) is 1. The molecule has 3 rings (SSSR count). The van der Waals surface area contributed by atoms with E-state index in [-0.39, 0.29) is 17.1 Å². The van der Waals surface area contributed by atoms with Crippen molar-refractivity contribution in [1.82, 2.24) is 19.9 Å². The molecule has 6 nitrogen and oxygen atoms in total. The molecule has 2 aromatic heterocycles. The highest BCUT2D eigenvalue weighted by Crippen LogP contribution is 2.30. The van der Waals surface area contributed by atoms with E-state index in [0.717, 1.165) is 24.3 Å². The molecular formula is C16H19F2N5OS. The van der Waals surface area contributed by atoms with Crippen molar-refractivity contribution in [2.24, 2.45) is 5.92 Å². The van der Waals surface area contributed by atoms with Gasteiger partial charge in [-0.25, -0.2) is 14.4 Å². The standard InChI is InChI=1S/C16H19F2N5OS/c1-9-3-11(4-14-19-5-12(17)6-20-14)7-23(9)8-13-15(18)22-16(25-13)21-10(2)24/h5-6,9,11H,3-4,7-8H2,1-2H3,(H,21,22,24)/t9-,11-/m0/s1. The van der Waals surface area contributed by atoms with Gasteiger partial charge < -0.3 is 5.32 Å². The summed E-state index contributed by atoms with van der Waals surface area (Å²) < 4.78 is 26.9. The average molecular weight is 367 g/mol. The molecule has 2 aromatic rings. The van der Waals surface area contributed by atoms with Gasteiger partial charge in [0.05, 0.1) is 17.3 Å². The van der Waals surface area contributed by atoms with Gasteiger partial charge in [-0.15, -0.1) is 0 Å². The maximum Gasteiger partial charge on any atom is 0.230 e. The molecular weight excluding hydrogens is 348 g/mol. The van der Waals surface area contributed by atoms with E-state index in [1.807, 2.05) is 0 Å². The fourth-order valence-corrected chi connectivity index (χ4v) is 4.02. The molecule has 1 amide bonds. The van der Waals surface area contributed by atoms with Gasteiger partial charge in [0, 0.05) is 32.5 Å². The second kappa shape index (κ2) is 7.49. The van der Waals surface area contributed by atoms with Gasteiger partial charge in [-0.2, -0.15) is 9.37 Å². The Kier molecular flexibility index (Phi) is 5.33. The van der Waals surface area contributed by atoms with E-state index in [1.54, 1.807) is 0 Å². The van der Waals surface area contributed by atoms with E-state index in [2.05, 4.69) is 32.1 Å². The first-order valence-corrected chi connectivity index (χ1v) is 8.85. The number of aromatic nitrogens is 3. The van der Waals surface area contributed by atoms with Gasteiger partial charge >= 0.3 is 0 Å². The largest absolute Gasteiger partial charge is 0.302 e. The van der Waals surface area contributed by atoms with Gasteiger partial charge in [-0.05, 0) is 19.3 Å². The van der Waals surface area contributed by atoms with E-state index in [0.29, 0.717) is 29.6 Å². The van der Waals surface area contributed by atoms with Crippen LogP contribution in [0.1, 0.15) is 31.0 Å². The third kappa shape index (κ3) is 4.55. The summed E-state index contributed by atoms with van der Waals surface area (Å²) in [4.78, 5) is 25.5. The lowest BCUT2D eigenvalue weighted by Crippen LogP contribution is -2.26. The van der Waals surface area contributed by atoms with Crippen LogP contribution in [0.5, 0.6) is 0 Å². The Morgan fingerprint density at radius 2 is 2.12 bits per heavy atom. The summed E-state index contributed by atoms with van der Waals surface area (Å²) in [7, 11) is 0. The van der Waals surface area contributed by atoms with Crippen molar-refractivity contribution in [2.75, 3.05) is 11.9 Å². The molecule has 1 saturated heterocycles. The van der Waals surface area contributed by atoms with Crippen molar-refractivity contribution in [1.29, 1.82) is 0 Å². The Morgan fingerprint density at radius 1 is 1.40 bits per heavy atom. The van der Waals surface area contributed by atoms with Crippen LogP contribution in [0.15, 0.2) is 12.4 Å². The van der Waals surface area contributed by atoms with Crippen molar-refractivity contribution in [2.45, 2.75) is 39.3 Å². The number of hydrogen-bond acceptors (Lipinski definition) is 6. The molecule has 0 unspecified atom stereocenters. The quantitative estimate of drug-likeness (QED) is 0.880. The van der Waals surface area contributed by atoms with E-state index >= 15 is 0 Å². The van der Waals surface area contributed by atoms with Crippen molar-refractivity contribution >= 4 is 22.4 Å². The highest BCUT2D eigenvalue weighted by atomic mass is 32.1. The normalized spacial score (nSPS) is 20.8. The molecule has 9 heteroatoms. The Labute approximate surface area is 148 Å². The summed E-state index contributed by atoms with van der Waals surface area (Å²) in [6.45, 7) is 4.70. The number of amides is 1. The lowest BCUT2D eigenvalue weighted by Gasteiger charge is -2.19. The summed E-state index contributed by atoms with van der Waals surface area (Å²) in [5.41, 5.74) is 0. The molecule has 0 bridgehead atoms. The summed E-state index contributed by atoms with van der Waals surface area (Å²) in [6.07, 6.45) is 3.96. The zero-order valence-corrected chi connectivity index (χ0v) is 14.8. The Balaban J connectivity index is 1.61. The monoisotopic (exact) mass is 367 g/mol. The van der Waals surface area contributed by atoms with Gasteiger partial charge in [-0.1, -0.05) is 11.3 Å². The van der Waals surface area contributed by atoms with Crippen LogP contribution >= 0.6 is 11.3 Å². The van der Waals surface area contributed by atoms with Crippen LogP contribution in [0.2, 0.25) is 0 Å². The number of halogens is 2. The van der Waals surface area contributed by atoms with Crippen LogP contribution < -0.4 is 5.32 Å². The van der Waals surface area contributed by atoms with Crippen LogP contribution in [0.25, 0.3) is 0 Å². The predicted octanol–water partition coefficient (Wildman–Crippen LogP) is 2.62. The van der Waals surface area contributed by atoms with Crippen LogP contribution in [0.3, 0.4) is 0 Å². The van der Waals surface area contributed by atoms with Crippen LogP contribution in [0.4, 0.5) is 13.9 Å². The first kappa shape index (κ1) is 17.8. The number of nitrogens with zero attached hydrogens (tertiary/aromatic N) is 4. The van der Waals surface area contributed by atoms with Crippen molar-refractivity contribution in [3.8, 4) is 0 Å². The summed E-state index contributed by atoms with van der Waals surface area (Å²) in [5.74, 6) is -0.287. The second-order valence-corrected chi connectivity index (χ2v) is 7.40. The highest BCUT2D eigenvalue weighted by Gasteiger charge is 2.31. The SMILES string of the molecule is CC(=O)Nc1nc(F)c(CN2C[C@H](Cc3ncc(F)cn3)C[C@@H]2C)s1. The second-order valence-electron chi connectivity index (χ2n) is 6.32. The van der Waals surface area contributed by atoms with Gasteiger partial charge in [0.25, 0.3) is 0 Å². The first-order valence-electron chi connectivity index (χ1n) is 8.04. The molecule has 0 radical (unpaired) electrons. The highest BCUT2D eigenvalue weighted by molar-refractivity contribution is 7.15. The minimum atomic E-state index is -0.536. The lowest BCUT2D eigenvalue weighted by atomic mass is 10.0. The third-order valence-corrected chi connectivity index (χ3v) is 5.15. The zero-order valence-electron chi connectivity index (χ0n) is 14.0. The minimum absolute atomic E-state index is 0.269. The lowest BCUT2D eigenvalue weighted by molar-refractivity contribution is -0.114. The molecule has 0 aromatic carbocycles. The molecule has 0 spiro atoms. The molecule has 0 aliphatic carbocycles. The first-order chi connectivity index (χ1) is 11.9. The molecule has 1 N–H and O–H groups in total. The maximum atomic E-state index is 14.0. The number of nitrogens with one attached hydrogen (secondary N) is 1. The number of rotatable bonds is 5. The smallest absolute Gasteiger partial charge is 0.230 e. The van der Waals surface area contributed by atoms with Crippen molar-refractivity contribution in [3.63, 3.8) is 0 Å². The molecule has 1 aliphatic rings. The Bertz CT molecular complexity index is 751. The Hall–Kier alpha value is -2.00. The molecule has 3 heterocycles. The van der Waals surface area contributed by atoms with Gasteiger partial charge in [0.15, 0.2) is 10.9 Å². The van der Waals surface area contributed by atoms with Crippen LogP contribution in [-0.4, -0.2) is 38.3 Å². The van der Waals surface area contributed by atoms with Crippen molar-refractivity contribution < 1.29 is 13.6 Å². The van der Waals surface area contributed by atoms with Crippen molar-refractivity contribution in [3.05, 3.63) is 34.9 Å². The molecule has 1 aliphatic heterocycles. The van der Waals surface area contributed by atoms with Gasteiger partial charge in [-0.3, -0.25) is 9.69 Å². The molecule has 0 saturated carbocycles. The maximum absolute atomic E-state index is 14.0. The van der Waals surface area contributed by atoms with Crippen LogP contribution in [-0.2, 0) is 17.8 Å². The van der Waals surface area contributed by atoms with E-state index < -0.39 is 11.8 Å². The average Bonchev–Trinajstić information content (AvgIpc) is 3.04. The molecule has 2 atom stereocenters. The Morgan fingerprint density at radius 3 is 2.80 bits per heavy atom. The summed E-state index contributed by atoms with van der Waals surface area (Å²) in [6, 6.07) is 0.288. The topological polar surface area (TPSA) is 71.0 Å². The summed E-state index contributed by atoms with van der Waals surface area (Å²) in [5, 5.41) is 2.79. The fraction of sp³-hybridized carbons (Fsp3) is 0.500. The fourth-order valence-electron chi connectivity index (χ4n) is 3.11. The molecule has 25 heavy (non-hydrogen) atoms.